The molecule has 1 atom stereocenters. The molecular formula is C28H36N8O3. The zero-order chi connectivity index (χ0) is 27.6. The van der Waals surface area contributed by atoms with Crippen molar-refractivity contribution < 1.29 is 9.47 Å². The first kappa shape index (κ1) is 26.8. The predicted octanol–water partition coefficient (Wildman–Crippen LogP) is 2.98. The normalized spacial score (nSPS) is 15.9. The highest BCUT2D eigenvalue weighted by Crippen LogP contribution is 2.34. The first-order chi connectivity index (χ1) is 18.8. The van der Waals surface area contributed by atoms with Crippen LogP contribution in [0.4, 0.5) is 0 Å². The van der Waals surface area contributed by atoms with Crippen molar-refractivity contribution in [2.45, 2.75) is 45.3 Å². The summed E-state index contributed by atoms with van der Waals surface area (Å²) in [5, 5.41) is 13.8. The van der Waals surface area contributed by atoms with Gasteiger partial charge in [-0.3, -0.25) is 19.6 Å². The van der Waals surface area contributed by atoms with E-state index < -0.39 is 6.04 Å². The molecule has 0 aliphatic carbocycles. The number of tetrazole rings is 1. The number of hydrogen-bond donors (Lipinski definition) is 1. The Kier molecular flexibility index (Phi) is 7.62. The van der Waals surface area contributed by atoms with Crippen LogP contribution >= 0.6 is 0 Å². The maximum Gasteiger partial charge on any atom is 0.253 e. The molecule has 1 aromatic carbocycles. The molecule has 11 heteroatoms. The summed E-state index contributed by atoms with van der Waals surface area (Å²) in [7, 11) is 3.18. The molecule has 0 unspecified atom stereocenters. The average Bonchev–Trinajstić information content (AvgIpc) is 3.45. The fraction of sp³-hybridized carbons (Fsp3) is 0.464. The molecule has 0 amide bonds. The van der Waals surface area contributed by atoms with E-state index in [9.17, 15) is 4.79 Å². The lowest BCUT2D eigenvalue weighted by atomic mass is 9.98. The van der Waals surface area contributed by atoms with Crippen molar-refractivity contribution in [2.75, 3.05) is 40.4 Å². The standard InChI is InChI=1S/C28H36N8O3/c1-6-28(2,3)36-26(31-32-33-36)25(35-13-11-34(12-14-35)18-19-7-9-29-10-8-19)21-15-20-16-23(38-4)24(39-5)17-22(20)30-27(21)37/h7-10,15-17,25H,6,11-14,18H2,1-5H3,(H,30,37)/t25-/m0/s1. The van der Waals surface area contributed by atoms with Crippen molar-refractivity contribution in [3.63, 3.8) is 0 Å². The molecule has 1 fully saturated rings. The van der Waals surface area contributed by atoms with Crippen LogP contribution in [-0.4, -0.2) is 80.4 Å². The zero-order valence-electron chi connectivity index (χ0n) is 23.2. The quantitative estimate of drug-likeness (QED) is 0.347. The van der Waals surface area contributed by atoms with Gasteiger partial charge in [-0.1, -0.05) is 6.92 Å². The molecule has 39 heavy (non-hydrogen) atoms. The number of aromatic amines is 1. The van der Waals surface area contributed by atoms with Crippen molar-refractivity contribution in [1.82, 2.24) is 40.0 Å². The number of benzene rings is 1. The second kappa shape index (κ2) is 11.1. The Morgan fingerprint density at radius 3 is 2.38 bits per heavy atom. The van der Waals surface area contributed by atoms with Gasteiger partial charge in [0.2, 0.25) is 0 Å². The van der Waals surface area contributed by atoms with E-state index in [4.69, 9.17) is 9.47 Å². The van der Waals surface area contributed by atoms with Crippen LogP contribution in [0.25, 0.3) is 10.9 Å². The number of piperazine rings is 1. The number of pyridine rings is 2. The highest BCUT2D eigenvalue weighted by molar-refractivity contribution is 5.83. The fourth-order valence-electron chi connectivity index (χ4n) is 5.12. The van der Waals surface area contributed by atoms with Crippen LogP contribution in [0.5, 0.6) is 11.5 Å². The van der Waals surface area contributed by atoms with Crippen LogP contribution < -0.4 is 15.0 Å². The van der Waals surface area contributed by atoms with Gasteiger partial charge in [0.15, 0.2) is 17.3 Å². The molecule has 3 aromatic heterocycles. The Labute approximate surface area is 227 Å². The van der Waals surface area contributed by atoms with Gasteiger partial charge in [-0.25, -0.2) is 4.68 Å². The molecule has 4 heterocycles. The molecule has 1 aliphatic rings. The summed E-state index contributed by atoms with van der Waals surface area (Å²) in [6.07, 6.45) is 4.49. The number of H-pyrrole nitrogens is 1. The van der Waals surface area contributed by atoms with Crippen molar-refractivity contribution in [3.8, 4) is 11.5 Å². The number of hydrogen-bond acceptors (Lipinski definition) is 9. The Hall–Kier alpha value is -3.83. The molecule has 4 aromatic rings. The minimum Gasteiger partial charge on any atom is -0.493 e. The molecule has 11 nitrogen and oxygen atoms in total. The largest absolute Gasteiger partial charge is 0.493 e. The maximum atomic E-state index is 13.7. The minimum absolute atomic E-state index is 0.178. The third-order valence-electron chi connectivity index (χ3n) is 7.78. The first-order valence-corrected chi connectivity index (χ1v) is 13.3. The average molecular weight is 533 g/mol. The van der Waals surface area contributed by atoms with Gasteiger partial charge >= 0.3 is 0 Å². The van der Waals surface area contributed by atoms with E-state index in [0.717, 1.165) is 44.5 Å². The molecule has 0 spiro atoms. The Morgan fingerprint density at radius 1 is 1.03 bits per heavy atom. The van der Waals surface area contributed by atoms with E-state index >= 15 is 0 Å². The van der Waals surface area contributed by atoms with E-state index in [0.29, 0.717) is 28.4 Å². The SMILES string of the molecule is CCC(C)(C)n1nnnc1[C@H](c1cc2cc(OC)c(OC)cc2[nH]c1=O)N1CCN(Cc2ccncc2)CC1. The second-order valence-corrected chi connectivity index (χ2v) is 10.5. The molecule has 0 saturated carbocycles. The summed E-state index contributed by atoms with van der Waals surface area (Å²) in [4.78, 5) is 25.6. The molecule has 0 radical (unpaired) electrons. The number of rotatable bonds is 9. The van der Waals surface area contributed by atoms with E-state index in [1.54, 1.807) is 20.3 Å². The van der Waals surface area contributed by atoms with Crippen LogP contribution in [0.1, 0.15) is 50.2 Å². The van der Waals surface area contributed by atoms with E-state index in [1.165, 1.54) is 5.56 Å². The summed E-state index contributed by atoms with van der Waals surface area (Å²) in [5.41, 5.74) is 2.01. The maximum absolute atomic E-state index is 13.7. The Bertz CT molecular complexity index is 1480. The van der Waals surface area contributed by atoms with Crippen molar-refractivity contribution in [1.29, 1.82) is 0 Å². The van der Waals surface area contributed by atoms with Crippen molar-refractivity contribution >= 4 is 10.9 Å². The van der Waals surface area contributed by atoms with Crippen LogP contribution in [0.15, 0.2) is 47.5 Å². The summed E-state index contributed by atoms with van der Waals surface area (Å²) in [6.45, 7) is 10.4. The van der Waals surface area contributed by atoms with Gasteiger partial charge in [0, 0.05) is 62.1 Å². The topological polar surface area (TPSA) is 114 Å². The van der Waals surface area contributed by atoms with Gasteiger partial charge in [0.25, 0.3) is 5.56 Å². The predicted molar refractivity (Wildman–Crippen MR) is 148 cm³/mol. The van der Waals surface area contributed by atoms with Crippen molar-refractivity contribution in [2.24, 2.45) is 0 Å². The number of aromatic nitrogens is 6. The lowest BCUT2D eigenvalue weighted by Crippen LogP contribution is -2.49. The Morgan fingerprint density at radius 2 is 1.72 bits per heavy atom. The first-order valence-electron chi connectivity index (χ1n) is 13.3. The fourth-order valence-corrected chi connectivity index (χ4v) is 5.12. The van der Waals surface area contributed by atoms with Gasteiger partial charge in [0.05, 0.1) is 25.3 Å². The lowest BCUT2D eigenvalue weighted by molar-refractivity contribution is 0.0968. The number of methoxy groups -OCH3 is 2. The van der Waals surface area contributed by atoms with E-state index in [1.807, 2.05) is 41.3 Å². The zero-order valence-corrected chi connectivity index (χ0v) is 23.2. The molecule has 1 saturated heterocycles. The lowest BCUT2D eigenvalue weighted by Gasteiger charge is -2.39. The van der Waals surface area contributed by atoms with Gasteiger partial charge in [-0.2, -0.15) is 0 Å². The van der Waals surface area contributed by atoms with Gasteiger partial charge < -0.3 is 14.5 Å². The van der Waals surface area contributed by atoms with Crippen LogP contribution in [0, 0.1) is 0 Å². The molecular weight excluding hydrogens is 496 g/mol. The molecule has 1 aliphatic heterocycles. The summed E-state index contributed by atoms with van der Waals surface area (Å²) in [5.74, 6) is 1.82. The van der Waals surface area contributed by atoms with Crippen molar-refractivity contribution in [3.05, 3.63) is 70.0 Å². The second-order valence-electron chi connectivity index (χ2n) is 10.5. The van der Waals surface area contributed by atoms with Gasteiger partial charge in [0.1, 0.15) is 6.04 Å². The van der Waals surface area contributed by atoms with Crippen LogP contribution in [-0.2, 0) is 12.1 Å². The highest BCUT2D eigenvalue weighted by Gasteiger charge is 2.35. The highest BCUT2D eigenvalue weighted by atomic mass is 16.5. The number of fused-ring (bicyclic) bond motifs is 1. The minimum atomic E-state index is -0.421. The smallest absolute Gasteiger partial charge is 0.253 e. The van der Waals surface area contributed by atoms with Crippen LogP contribution in [0.3, 0.4) is 0 Å². The summed E-state index contributed by atoms with van der Waals surface area (Å²) >= 11 is 0. The number of nitrogens with one attached hydrogen (secondary N) is 1. The van der Waals surface area contributed by atoms with E-state index in [-0.39, 0.29) is 11.1 Å². The van der Waals surface area contributed by atoms with Gasteiger partial charge in [-0.05, 0) is 60.5 Å². The molecule has 1 N–H and O–H groups in total. The summed E-state index contributed by atoms with van der Waals surface area (Å²) < 4.78 is 12.8. The Balaban J connectivity index is 1.55. The van der Waals surface area contributed by atoms with Crippen LogP contribution in [0.2, 0.25) is 0 Å². The number of nitrogens with zero attached hydrogens (tertiary/aromatic N) is 7. The summed E-state index contributed by atoms with van der Waals surface area (Å²) in [6, 6.07) is 9.28. The third kappa shape index (κ3) is 5.37. The van der Waals surface area contributed by atoms with Gasteiger partial charge in [-0.15, -0.1) is 5.10 Å². The monoisotopic (exact) mass is 532 g/mol. The number of ether oxygens (including phenoxy) is 2. The molecule has 5 rings (SSSR count). The molecule has 206 valence electrons. The molecule has 0 bridgehead atoms. The third-order valence-corrected chi connectivity index (χ3v) is 7.78. The van der Waals surface area contributed by atoms with E-state index in [2.05, 4.69) is 56.1 Å².